The Morgan fingerprint density at radius 2 is 2.11 bits per heavy atom. The van der Waals surface area contributed by atoms with Crippen LogP contribution in [0.1, 0.15) is 29.6 Å². The van der Waals surface area contributed by atoms with Gasteiger partial charge >= 0.3 is 5.97 Å². The fraction of sp³-hybridized carbons (Fsp3) is 0.417. The lowest BCUT2D eigenvalue weighted by Crippen LogP contribution is -2.16. The SMILES string of the molecule is NS(=O)(=O)c1cc(C(=O)OCCC2CC2)ccc1F. The van der Waals surface area contributed by atoms with Crippen molar-refractivity contribution in [3.05, 3.63) is 29.6 Å². The van der Waals surface area contributed by atoms with E-state index in [0.29, 0.717) is 5.92 Å². The number of nitrogens with two attached hydrogens (primary N) is 1. The lowest BCUT2D eigenvalue weighted by atomic mass is 10.2. The first-order chi connectivity index (χ1) is 8.88. The van der Waals surface area contributed by atoms with Crippen LogP contribution in [0.2, 0.25) is 0 Å². The van der Waals surface area contributed by atoms with Crippen LogP contribution in [0.15, 0.2) is 23.1 Å². The summed E-state index contributed by atoms with van der Waals surface area (Å²) in [5, 5.41) is 4.85. The van der Waals surface area contributed by atoms with Gasteiger partial charge in [-0.25, -0.2) is 22.7 Å². The van der Waals surface area contributed by atoms with Crippen LogP contribution in [0.3, 0.4) is 0 Å². The summed E-state index contributed by atoms with van der Waals surface area (Å²) < 4.78 is 40.5. The molecule has 1 aromatic rings. The van der Waals surface area contributed by atoms with Gasteiger partial charge in [-0.1, -0.05) is 12.8 Å². The van der Waals surface area contributed by atoms with E-state index in [2.05, 4.69) is 0 Å². The molecular weight excluding hydrogens is 273 g/mol. The summed E-state index contributed by atoms with van der Waals surface area (Å²) >= 11 is 0. The smallest absolute Gasteiger partial charge is 0.338 e. The third-order valence-corrected chi connectivity index (χ3v) is 3.86. The van der Waals surface area contributed by atoms with E-state index in [0.717, 1.165) is 31.4 Å². The number of halogens is 1. The van der Waals surface area contributed by atoms with E-state index in [9.17, 15) is 17.6 Å². The minimum Gasteiger partial charge on any atom is -0.462 e. The van der Waals surface area contributed by atoms with Gasteiger partial charge in [0, 0.05) is 0 Å². The fourth-order valence-electron chi connectivity index (χ4n) is 1.66. The molecule has 1 aromatic carbocycles. The molecule has 19 heavy (non-hydrogen) atoms. The summed E-state index contributed by atoms with van der Waals surface area (Å²) in [4.78, 5) is 11.0. The van der Waals surface area contributed by atoms with Gasteiger partial charge in [0.05, 0.1) is 12.2 Å². The highest BCUT2D eigenvalue weighted by molar-refractivity contribution is 7.89. The van der Waals surface area contributed by atoms with Crippen molar-refractivity contribution in [2.45, 2.75) is 24.2 Å². The maximum absolute atomic E-state index is 13.3. The molecule has 0 saturated heterocycles. The van der Waals surface area contributed by atoms with Crippen LogP contribution < -0.4 is 5.14 Å². The number of esters is 1. The van der Waals surface area contributed by atoms with Crippen LogP contribution >= 0.6 is 0 Å². The van der Waals surface area contributed by atoms with Crippen molar-refractivity contribution in [1.82, 2.24) is 0 Å². The average Bonchev–Trinajstić information content (AvgIpc) is 3.12. The molecule has 0 aromatic heterocycles. The van der Waals surface area contributed by atoms with Crippen molar-refractivity contribution in [2.75, 3.05) is 6.61 Å². The van der Waals surface area contributed by atoms with Crippen molar-refractivity contribution >= 4 is 16.0 Å². The van der Waals surface area contributed by atoms with Gasteiger partial charge in [0.2, 0.25) is 10.0 Å². The van der Waals surface area contributed by atoms with Crippen molar-refractivity contribution < 1.29 is 22.3 Å². The van der Waals surface area contributed by atoms with E-state index in [-0.39, 0.29) is 12.2 Å². The van der Waals surface area contributed by atoms with Gasteiger partial charge in [0.25, 0.3) is 0 Å². The predicted octanol–water partition coefficient (Wildman–Crippen LogP) is 1.43. The first kappa shape index (κ1) is 14.0. The Labute approximate surface area is 110 Å². The normalized spacial score (nSPS) is 15.3. The van der Waals surface area contributed by atoms with Crippen LogP contribution in [0.25, 0.3) is 0 Å². The van der Waals surface area contributed by atoms with Crippen LogP contribution in [0, 0.1) is 11.7 Å². The Balaban J connectivity index is 2.08. The third kappa shape index (κ3) is 3.74. The fourth-order valence-corrected chi connectivity index (χ4v) is 2.29. The molecule has 0 aliphatic heterocycles. The number of benzene rings is 1. The Bertz CT molecular complexity index is 596. The lowest BCUT2D eigenvalue weighted by Gasteiger charge is -2.06. The molecule has 0 atom stereocenters. The highest BCUT2D eigenvalue weighted by Gasteiger charge is 2.22. The molecule has 0 spiro atoms. The zero-order chi connectivity index (χ0) is 14.0. The standard InChI is InChI=1S/C12H14FNO4S/c13-10-4-3-9(7-11(10)19(14,16)17)12(15)18-6-5-8-1-2-8/h3-4,7-8H,1-2,5-6H2,(H2,14,16,17). The predicted molar refractivity (Wildman–Crippen MR) is 65.4 cm³/mol. The largest absolute Gasteiger partial charge is 0.462 e. The van der Waals surface area contributed by atoms with Crippen molar-refractivity contribution in [3.8, 4) is 0 Å². The number of sulfonamides is 1. The van der Waals surface area contributed by atoms with E-state index in [1.165, 1.54) is 6.07 Å². The first-order valence-corrected chi connectivity index (χ1v) is 7.42. The monoisotopic (exact) mass is 287 g/mol. The Morgan fingerprint density at radius 3 is 2.68 bits per heavy atom. The molecular formula is C12H14FNO4S. The number of carbonyl (C=O) groups is 1. The van der Waals surface area contributed by atoms with Gasteiger partial charge in [-0.15, -0.1) is 0 Å². The maximum atomic E-state index is 13.3. The molecule has 0 radical (unpaired) electrons. The minimum absolute atomic E-state index is 0.0266. The quantitative estimate of drug-likeness (QED) is 0.830. The third-order valence-electron chi connectivity index (χ3n) is 2.93. The second kappa shape index (κ2) is 5.26. The summed E-state index contributed by atoms with van der Waals surface area (Å²) in [7, 11) is -4.20. The molecule has 1 aliphatic rings. The second-order valence-electron chi connectivity index (χ2n) is 4.56. The van der Waals surface area contributed by atoms with Gasteiger partial charge in [-0.3, -0.25) is 0 Å². The molecule has 0 heterocycles. The first-order valence-electron chi connectivity index (χ1n) is 5.87. The van der Waals surface area contributed by atoms with Crippen molar-refractivity contribution in [1.29, 1.82) is 0 Å². The maximum Gasteiger partial charge on any atom is 0.338 e. The molecule has 1 fully saturated rings. The van der Waals surface area contributed by atoms with Crippen LogP contribution in [-0.4, -0.2) is 21.0 Å². The summed E-state index contributed by atoms with van der Waals surface area (Å²) in [5.41, 5.74) is -0.0266. The highest BCUT2D eigenvalue weighted by atomic mass is 32.2. The molecule has 104 valence electrons. The molecule has 0 unspecified atom stereocenters. The van der Waals surface area contributed by atoms with Crippen molar-refractivity contribution in [2.24, 2.45) is 11.1 Å². The second-order valence-corrected chi connectivity index (χ2v) is 6.09. The number of ether oxygens (including phenoxy) is 1. The van der Waals surface area contributed by atoms with Gasteiger partial charge in [0.15, 0.2) is 0 Å². The number of carbonyl (C=O) groups excluding carboxylic acids is 1. The van der Waals surface area contributed by atoms with Crippen LogP contribution in [0.4, 0.5) is 4.39 Å². The Hall–Kier alpha value is -1.47. The lowest BCUT2D eigenvalue weighted by molar-refractivity contribution is 0.0494. The summed E-state index contributed by atoms with van der Waals surface area (Å²) in [6, 6.07) is 2.95. The molecule has 1 aliphatic carbocycles. The average molecular weight is 287 g/mol. The minimum atomic E-state index is -4.20. The van der Waals surface area contributed by atoms with Gasteiger partial charge in [0.1, 0.15) is 10.7 Å². The van der Waals surface area contributed by atoms with E-state index in [1.807, 2.05) is 0 Å². The molecule has 0 amide bonds. The molecule has 2 rings (SSSR count). The molecule has 2 N–H and O–H groups in total. The van der Waals surface area contributed by atoms with Gasteiger partial charge < -0.3 is 4.74 Å². The summed E-state index contributed by atoms with van der Waals surface area (Å²) in [6.45, 7) is 0.283. The van der Waals surface area contributed by atoms with E-state index >= 15 is 0 Å². The molecule has 5 nitrogen and oxygen atoms in total. The molecule has 7 heteroatoms. The number of hydrogen-bond donors (Lipinski definition) is 1. The summed E-state index contributed by atoms with van der Waals surface area (Å²) in [5.74, 6) is -1.04. The van der Waals surface area contributed by atoms with E-state index < -0.39 is 26.7 Å². The molecule has 1 saturated carbocycles. The van der Waals surface area contributed by atoms with E-state index in [4.69, 9.17) is 9.88 Å². The molecule has 0 bridgehead atoms. The number of primary sulfonamides is 1. The van der Waals surface area contributed by atoms with Crippen LogP contribution in [-0.2, 0) is 14.8 Å². The van der Waals surface area contributed by atoms with E-state index in [1.54, 1.807) is 0 Å². The number of hydrogen-bond acceptors (Lipinski definition) is 4. The van der Waals surface area contributed by atoms with Gasteiger partial charge in [-0.05, 0) is 30.5 Å². The number of rotatable bonds is 5. The van der Waals surface area contributed by atoms with Crippen molar-refractivity contribution in [3.63, 3.8) is 0 Å². The summed E-state index contributed by atoms with van der Waals surface area (Å²) in [6.07, 6.45) is 3.11. The van der Waals surface area contributed by atoms with Gasteiger partial charge in [-0.2, -0.15) is 0 Å². The Morgan fingerprint density at radius 1 is 1.42 bits per heavy atom. The zero-order valence-corrected chi connectivity index (χ0v) is 11.0. The highest BCUT2D eigenvalue weighted by Crippen LogP contribution is 2.32. The zero-order valence-electron chi connectivity index (χ0n) is 10.1. The Kier molecular flexibility index (Phi) is 3.86. The topological polar surface area (TPSA) is 86.5 Å². The van der Waals surface area contributed by atoms with Crippen LogP contribution in [0.5, 0.6) is 0 Å².